The number of esters is 1. The zero-order valence-corrected chi connectivity index (χ0v) is 18.4. The Balaban J connectivity index is 1.51. The Morgan fingerprint density at radius 3 is 2.28 bits per heavy atom. The van der Waals surface area contributed by atoms with Crippen molar-refractivity contribution in [2.45, 2.75) is 59.3 Å². The van der Waals surface area contributed by atoms with Gasteiger partial charge in [-0.3, -0.25) is 9.69 Å². The second-order valence-corrected chi connectivity index (χ2v) is 8.70. The summed E-state index contributed by atoms with van der Waals surface area (Å²) in [5.41, 5.74) is 2.53. The summed E-state index contributed by atoms with van der Waals surface area (Å²) in [6, 6.07) is 0. The van der Waals surface area contributed by atoms with Gasteiger partial charge in [0, 0.05) is 17.8 Å². The monoisotopic (exact) mass is 403 g/mol. The Morgan fingerprint density at radius 1 is 1.00 bits per heavy atom. The van der Waals surface area contributed by atoms with E-state index in [1.807, 2.05) is 13.8 Å². The van der Waals surface area contributed by atoms with Gasteiger partial charge in [-0.2, -0.15) is 0 Å². The van der Waals surface area contributed by atoms with E-state index in [0.717, 1.165) is 24.7 Å². The Kier molecular flexibility index (Phi) is 7.90. The van der Waals surface area contributed by atoms with Gasteiger partial charge in [-0.1, -0.05) is 12.8 Å². The number of likely N-dealkylation sites (tertiary alicyclic amines) is 2. The van der Waals surface area contributed by atoms with Crippen LogP contribution in [0.4, 0.5) is 0 Å². The molecule has 1 N–H and O–H groups in total. The van der Waals surface area contributed by atoms with E-state index in [0.29, 0.717) is 30.0 Å². The molecule has 2 aliphatic heterocycles. The zero-order valence-electron chi connectivity index (χ0n) is 18.4. The maximum absolute atomic E-state index is 13.0. The Hall–Kier alpha value is -1.66. The lowest BCUT2D eigenvalue weighted by molar-refractivity contribution is 0.0519. The SMILES string of the molecule is CCOC(=O)c1[nH]c(C)c(C(=O)CN2CCC(CN3CCCCCC3)CC2)c1C. The van der Waals surface area contributed by atoms with Crippen LogP contribution < -0.4 is 0 Å². The van der Waals surface area contributed by atoms with E-state index in [9.17, 15) is 9.59 Å². The van der Waals surface area contributed by atoms with Crippen LogP contribution in [0.3, 0.4) is 0 Å². The number of hydrogen-bond donors (Lipinski definition) is 1. The van der Waals surface area contributed by atoms with Crippen molar-refractivity contribution in [1.29, 1.82) is 0 Å². The van der Waals surface area contributed by atoms with Crippen molar-refractivity contribution in [3.05, 3.63) is 22.5 Å². The first kappa shape index (κ1) is 22.0. The third kappa shape index (κ3) is 5.70. The minimum atomic E-state index is -0.388. The molecule has 1 aromatic rings. The zero-order chi connectivity index (χ0) is 20.8. The number of aromatic amines is 1. The van der Waals surface area contributed by atoms with Gasteiger partial charge in [0.15, 0.2) is 5.78 Å². The lowest BCUT2D eigenvalue weighted by Crippen LogP contribution is -2.41. The first-order valence-electron chi connectivity index (χ1n) is 11.3. The first-order chi connectivity index (χ1) is 14.0. The number of aromatic nitrogens is 1. The number of carbonyl (C=O) groups is 2. The molecule has 0 aromatic carbocycles. The third-order valence-corrected chi connectivity index (χ3v) is 6.49. The second-order valence-electron chi connectivity index (χ2n) is 8.70. The molecule has 3 heterocycles. The van der Waals surface area contributed by atoms with Crippen LogP contribution in [0.2, 0.25) is 0 Å². The number of nitrogens with zero attached hydrogens (tertiary/aromatic N) is 2. The van der Waals surface area contributed by atoms with E-state index in [-0.39, 0.29) is 11.8 Å². The minimum absolute atomic E-state index is 0.0952. The van der Waals surface area contributed by atoms with Crippen LogP contribution in [0.1, 0.15) is 77.6 Å². The number of rotatable bonds is 7. The van der Waals surface area contributed by atoms with Crippen molar-refractivity contribution in [3.63, 3.8) is 0 Å². The van der Waals surface area contributed by atoms with Gasteiger partial charge in [0.2, 0.25) is 0 Å². The highest BCUT2D eigenvalue weighted by atomic mass is 16.5. The molecule has 6 heteroatoms. The number of hydrogen-bond acceptors (Lipinski definition) is 5. The van der Waals surface area contributed by atoms with Gasteiger partial charge in [-0.05, 0) is 84.1 Å². The molecule has 0 aliphatic carbocycles. The molecule has 3 rings (SSSR count). The summed E-state index contributed by atoms with van der Waals surface area (Å²) in [4.78, 5) is 33.0. The maximum atomic E-state index is 13.0. The Morgan fingerprint density at radius 2 is 1.66 bits per heavy atom. The molecular weight excluding hydrogens is 366 g/mol. The normalized spacial score (nSPS) is 19.8. The van der Waals surface area contributed by atoms with E-state index >= 15 is 0 Å². The number of aryl methyl sites for hydroxylation is 1. The van der Waals surface area contributed by atoms with Gasteiger partial charge >= 0.3 is 5.97 Å². The second kappa shape index (κ2) is 10.4. The smallest absolute Gasteiger partial charge is 0.355 e. The van der Waals surface area contributed by atoms with Gasteiger partial charge in [-0.25, -0.2) is 4.79 Å². The summed E-state index contributed by atoms with van der Waals surface area (Å²) in [6.07, 6.45) is 7.79. The van der Waals surface area contributed by atoms with Crippen LogP contribution in [-0.4, -0.2) is 72.4 Å². The molecule has 29 heavy (non-hydrogen) atoms. The average molecular weight is 404 g/mol. The molecule has 0 amide bonds. The first-order valence-corrected chi connectivity index (χ1v) is 11.3. The Labute approximate surface area is 175 Å². The fraction of sp³-hybridized carbons (Fsp3) is 0.739. The number of ether oxygens (including phenoxy) is 1. The fourth-order valence-electron chi connectivity index (χ4n) is 4.87. The molecule has 2 fully saturated rings. The lowest BCUT2D eigenvalue weighted by atomic mass is 9.95. The topological polar surface area (TPSA) is 65.6 Å². The van der Waals surface area contributed by atoms with Gasteiger partial charge in [0.25, 0.3) is 0 Å². The minimum Gasteiger partial charge on any atom is -0.461 e. The largest absolute Gasteiger partial charge is 0.461 e. The highest BCUT2D eigenvalue weighted by molar-refractivity contribution is 6.03. The highest BCUT2D eigenvalue weighted by Gasteiger charge is 2.27. The molecule has 2 aliphatic rings. The van der Waals surface area contributed by atoms with Gasteiger partial charge < -0.3 is 14.6 Å². The summed E-state index contributed by atoms with van der Waals surface area (Å²) < 4.78 is 5.09. The summed E-state index contributed by atoms with van der Waals surface area (Å²) in [5, 5.41) is 0. The highest BCUT2D eigenvalue weighted by Crippen LogP contribution is 2.23. The predicted octanol–water partition coefficient (Wildman–Crippen LogP) is 3.58. The molecule has 0 radical (unpaired) electrons. The molecule has 0 saturated carbocycles. The van der Waals surface area contributed by atoms with Crippen molar-refractivity contribution in [2.24, 2.45) is 5.92 Å². The number of carbonyl (C=O) groups excluding carboxylic acids is 2. The van der Waals surface area contributed by atoms with E-state index < -0.39 is 0 Å². The van der Waals surface area contributed by atoms with Crippen LogP contribution in [0.15, 0.2) is 0 Å². The summed E-state index contributed by atoms with van der Waals surface area (Å²) in [6.45, 7) is 11.9. The molecule has 0 atom stereocenters. The molecule has 0 bridgehead atoms. The van der Waals surface area contributed by atoms with Crippen molar-refractivity contribution < 1.29 is 14.3 Å². The maximum Gasteiger partial charge on any atom is 0.355 e. The van der Waals surface area contributed by atoms with Crippen LogP contribution in [0.25, 0.3) is 0 Å². The standard InChI is InChI=1S/C23H37N3O3/c1-4-29-23(28)22-17(2)21(18(3)24-22)20(27)16-26-13-9-19(10-14-26)15-25-11-7-5-6-8-12-25/h19,24H,4-16H2,1-3H3. The van der Waals surface area contributed by atoms with Crippen LogP contribution >= 0.6 is 0 Å². The van der Waals surface area contributed by atoms with Crippen LogP contribution in [-0.2, 0) is 4.74 Å². The van der Waals surface area contributed by atoms with E-state index in [2.05, 4.69) is 14.8 Å². The average Bonchev–Trinajstić information content (AvgIpc) is 2.85. The van der Waals surface area contributed by atoms with Crippen LogP contribution in [0, 0.1) is 19.8 Å². The number of nitrogens with one attached hydrogen (secondary N) is 1. The number of Topliss-reactive ketones (excluding diaryl/α,β-unsaturated/α-hetero) is 1. The summed E-state index contributed by atoms with van der Waals surface area (Å²) in [7, 11) is 0. The van der Waals surface area contributed by atoms with E-state index in [1.54, 1.807) is 6.92 Å². The molecule has 6 nitrogen and oxygen atoms in total. The van der Waals surface area contributed by atoms with Crippen molar-refractivity contribution in [2.75, 3.05) is 45.9 Å². The molecule has 162 valence electrons. The van der Waals surface area contributed by atoms with Crippen molar-refractivity contribution in [3.8, 4) is 0 Å². The summed E-state index contributed by atoms with van der Waals surface area (Å²) in [5.74, 6) is 0.463. The van der Waals surface area contributed by atoms with Crippen molar-refractivity contribution >= 4 is 11.8 Å². The predicted molar refractivity (Wildman–Crippen MR) is 115 cm³/mol. The summed E-state index contributed by atoms with van der Waals surface area (Å²) >= 11 is 0. The van der Waals surface area contributed by atoms with Crippen LogP contribution in [0.5, 0.6) is 0 Å². The van der Waals surface area contributed by atoms with Crippen molar-refractivity contribution in [1.82, 2.24) is 14.8 Å². The molecule has 2 saturated heterocycles. The van der Waals surface area contributed by atoms with Gasteiger partial charge in [0.05, 0.1) is 13.2 Å². The Bertz CT molecular complexity index is 696. The number of ketones is 1. The van der Waals surface area contributed by atoms with E-state index in [1.165, 1.54) is 58.2 Å². The van der Waals surface area contributed by atoms with Gasteiger partial charge in [0.1, 0.15) is 5.69 Å². The quantitative estimate of drug-likeness (QED) is 0.557. The van der Waals surface area contributed by atoms with Gasteiger partial charge in [-0.15, -0.1) is 0 Å². The molecule has 0 unspecified atom stereocenters. The third-order valence-electron chi connectivity index (χ3n) is 6.49. The van der Waals surface area contributed by atoms with E-state index in [4.69, 9.17) is 4.74 Å². The number of H-pyrrole nitrogens is 1. The molecular formula is C23H37N3O3. The molecule has 1 aromatic heterocycles. The fourth-order valence-corrected chi connectivity index (χ4v) is 4.87. The lowest BCUT2D eigenvalue weighted by Gasteiger charge is -2.34. The number of piperidine rings is 1. The molecule has 0 spiro atoms.